The van der Waals surface area contributed by atoms with Crippen molar-refractivity contribution in [3.63, 3.8) is 0 Å². The standard InChI is InChI=1S/C21H21N5O6/c22-21-24-17-16(18(29)25-21)11(8-23-17)3-1-10-2-4-13-12(7-10)9-26(19(13)30)14(20(31)32)5-6-15(27)28/h2,4,7-8,14H,1,3,5-6,9H2,(H,27,28)(H,31,32)(H4,22,23,24,25,29)/t14-/m1/s1. The molecule has 0 radical (unpaired) electrons. The van der Waals surface area contributed by atoms with E-state index >= 15 is 0 Å². The molecule has 6 N–H and O–H groups in total. The number of H-pyrrole nitrogens is 2. The van der Waals surface area contributed by atoms with Crippen LogP contribution in [0.5, 0.6) is 0 Å². The number of carbonyl (C=O) groups is 3. The van der Waals surface area contributed by atoms with Crippen molar-refractivity contribution in [2.75, 3.05) is 5.73 Å². The van der Waals surface area contributed by atoms with Gasteiger partial charge in [-0.3, -0.25) is 19.4 Å². The van der Waals surface area contributed by atoms with Crippen LogP contribution >= 0.6 is 0 Å². The largest absolute Gasteiger partial charge is 0.481 e. The molecule has 1 aromatic carbocycles. The SMILES string of the molecule is Nc1nc2[nH]cc(CCc3ccc4c(c3)CN([C@H](CCC(=O)O)C(=O)O)C4=O)c2c(=O)[nH]1. The number of carboxylic acids is 2. The fraction of sp³-hybridized carbons (Fsp3) is 0.286. The van der Waals surface area contributed by atoms with Crippen molar-refractivity contribution in [1.29, 1.82) is 0 Å². The van der Waals surface area contributed by atoms with E-state index in [1.54, 1.807) is 18.3 Å². The van der Waals surface area contributed by atoms with E-state index in [2.05, 4.69) is 15.0 Å². The summed E-state index contributed by atoms with van der Waals surface area (Å²) in [7, 11) is 0. The Labute approximate surface area is 180 Å². The Kier molecular flexibility index (Phi) is 5.39. The molecule has 0 spiro atoms. The number of nitrogens with zero attached hydrogens (tertiary/aromatic N) is 2. The van der Waals surface area contributed by atoms with Gasteiger partial charge in [0.15, 0.2) is 0 Å². The third-order valence-electron chi connectivity index (χ3n) is 5.62. The Hall–Kier alpha value is -4.15. The molecule has 1 aliphatic rings. The summed E-state index contributed by atoms with van der Waals surface area (Å²) < 4.78 is 0. The number of fused-ring (bicyclic) bond motifs is 2. The zero-order valence-electron chi connectivity index (χ0n) is 16.9. The highest BCUT2D eigenvalue weighted by molar-refractivity contribution is 6.00. The monoisotopic (exact) mass is 439 g/mol. The molecule has 3 aromatic rings. The van der Waals surface area contributed by atoms with Gasteiger partial charge < -0.3 is 25.8 Å². The van der Waals surface area contributed by atoms with Crippen LogP contribution in [-0.2, 0) is 29.0 Å². The smallest absolute Gasteiger partial charge is 0.326 e. The van der Waals surface area contributed by atoms with Gasteiger partial charge in [0.05, 0.1) is 5.39 Å². The van der Waals surface area contributed by atoms with E-state index in [4.69, 9.17) is 10.8 Å². The molecule has 0 saturated heterocycles. The van der Waals surface area contributed by atoms with Crippen LogP contribution in [-0.4, -0.2) is 54.0 Å². The summed E-state index contributed by atoms with van der Waals surface area (Å²) in [5, 5.41) is 18.8. The maximum Gasteiger partial charge on any atom is 0.326 e. The first kappa shape index (κ1) is 21.1. The Morgan fingerprint density at radius 1 is 1.22 bits per heavy atom. The van der Waals surface area contributed by atoms with Crippen LogP contribution in [0.1, 0.15) is 39.9 Å². The van der Waals surface area contributed by atoms with Crippen LogP contribution in [0.4, 0.5) is 5.95 Å². The van der Waals surface area contributed by atoms with Crippen molar-refractivity contribution in [2.24, 2.45) is 0 Å². The number of aromatic nitrogens is 3. The fourth-order valence-corrected chi connectivity index (χ4v) is 4.07. The van der Waals surface area contributed by atoms with Crippen molar-refractivity contribution in [3.8, 4) is 0 Å². The maximum atomic E-state index is 12.7. The number of anilines is 1. The van der Waals surface area contributed by atoms with Crippen molar-refractivity contribution >= 4 is 34.8 Å². The molecule has 1 amide bonds. The second-order valence-corrected chi connectivity index (χ2v) is 7.70. The van der Waals surface area contributed by atoms with Gasteiger partial charge in [-0.15, -0.1) is 0 Å². The van der Waals surface area contributed by atoms with Gasteiger partial charge in [0.1, 0.15) is 11.7 Å². The zero-order chi connectivity index (χ0) is 23.0. The summed E-state index contributed by atoms with van der Waals surface area (Å²) >= 11 is 0. The lowest BCUT2D eigenvalue weighted by molar-refractivity contribution is -0.143. The number of aryl methyl sites for hydroxylation is 2. The second kappa shape index (κ2) is 8.17. The maximum absolute atomic E-state index is 12.7. The van der Waals surface area contributed by atoms with Crippen molar-refractivity contribution < 1.29 is 24.6 Å². The van der Waals surface area contributed by atoms with Gasteiger partial charge in [-0.1, -0.05) is 12.1 Å². The van der Waals surface area contributed by atoms with Crippen LogP contribution in [0, 0.1) is 0 Å². The van der Waals surface area contributed by atoms with Gasteiger partial charge >= 0.3 is 11.9 Å². The van der Waals surface area contributed by atoms with Crippen LogP contribution in [0.3, 0.4) is 0 Å². The number of aliphatic carboxylic acids is 2. The molecule has 0 saturated carbocycles. The molecular weight excluding hydrogens is 418 g/mol. The summed E-state index contributed by atoms with van der Waals surface area (Å²) in [6, 6.07) is 4.10. The predicted octanol–water partition coefficient (Wildman–Crippen LogP) is 0.892. The molecule has 1 aliphatic heterocycles. The highest BCUT2D eigenvalue weighted by Gasteiger charge is 2.36. The fourth-order valence-electron chi connectivity index (χ4n) is 4.07. The summed E-state index contributed by atoms with van der Waals surface area (Å²) in [4.78, 5) is 58.1. The van der Waals surface area contributed by atoms with E-state index in [1.807, 2.05) is 6.07 Å². The Morgan fingerprint density at radius 3 is 2.72 bits per heavy atom. The molecular formula is C21H21N5O6. The van der Waals surface area contributed by atoms with Crippen molar-refractivity contribution in [2.45, 2.75) is 38.3 Å². The van der Waals surface area contributed by atoms with E-state index in [0.717, 1.165) is 11.1 Å². The van der Waals surface area contributed by atoms with E-state index in [1.165, 1.54) is 4.90 Å². The molecule has 11 heteroatoms. The van der Waals surface area contributed by atoms with Gasteiger partial charge in [0, 0.05) is 24.7 Å². The third kappa shape index (κ3) is 3.92. The molecule has 166 valence electrons. The number of carbonyl (C=O) groups excluding carboxylic acids is 1. The quantitative estimate of drug-likeness (QED) is 0.343. The first-order valence-corrected chi connectivity index (χ1v) is 9.97. The molecule has 2 aromatic heterocycles. The van der Waals surface area contributed by atoms with Gasteiger partial charge in [-0.25, -0.2) is 4.79 Å². The molecule has 32 heavy (non-hydrogen) atoms. The molecule has 11 nitrogen and oxygen atoms in total. The number of benzene rings is 1. The number of nitrogens with two attached hydrogens (primary N) is 1. The minimum atomic E-state index is -1.23. The summed E-state index contributed by atoms with van der Waals surface area (Å²) in [5.41, 5.74) is 8.47. The topological polar surface area (TPSA) is 182 Å². The Balaban J connectivity index is 1.51. The summed E-state index contributed by atoms with van der Waals surface area (Å²) in [5.74, 6) is -2.73. The number of amides is 1. The van der Waals surface area contributed by atoms with Crippen LogP contribution in [0.15, 0.2) is 29.2 Å². The minimum absolute atomic E-state index is 0.0340. The number of hydrogen-bond donors (Lipinski definition) is 5. The molecule has 3 heterocycles. The van der Waals surface area contributed by atoms with Crippen molar-refractivity contribution in [3.05, 3.63) is 57.0 Å². The summed E-state index contributed by atoms with van der Waals surface area (Å²) in [6.07, 6.45) is 2.34. The van der Waals surface area contributed by atoms with E-state index in [9.17, 15) is 24.3 Å². The molecule has 0 unspecified atom stereocenters. The first-order valence-electron chi connectivity index (χ1n) is 9.97. The van der Waals surface area contributed by atoms with Gasteiger partial charge in [0.25, 0.3) is 11.5 Å². The molecule has 1 atom stereocenters. The van der Waals surface area contributed by atoms with Crippen LogP contribution in [0.2, 0.25) is 0 Å². The average molecular weight is 439 g/mol. The molecule has 0 aliphatic carbocycles. The van der Waals surface area contributed by atoms with Crippen LogP contribution < -0.4 is 11.3 Å². The first-order chi connectivity index (χ1) is 15.2. The van der Waals surface area contributed by atoms with E-state index < -0.39 is 23.9 Å². The Bertz CT molecular complexity index is 1290. The minimum Gasteiger partial charge on any atom is -0.481 e. The molecule has 0 fully saturated rings. The number of aromatic amines is 2. The van der Waals surface area contributed by atoms with E-state index in [0.29, 0.717) is 35.0 Å². The molecule has 0 bridgehead atoms. The number of nitrogens with one attached hydrogen (secondary N) is 2. The zero-order valence-corrected chi connectivity index (χ0v) is 16.9. The van der Waals surface area contributed by atoms with Crippen LogP contribution in [0.25, 0.3) is 11.0 Å². The lowest BCUT2D eigenvalue weighted by Gasteiger charge is -2.23. The lowest BCUT2D eigenvalue weighted by Crippen LogP contribution is -2.41. The molecule has 4 rings (SSSR count). The number of carboxylic acid groups (broad SMARTS) is 2. The van der Waals surface area contributed by atoms with E-state index in [-0.39, 0.29) is 30.9 Å². The van der Waals surface area contributed by atoms with Crippen molar-refractivity contribution in [1.82, 2.24) is 19.9 Å². The lowest BCUT2D eigenvalue weighted by atomic mass is 10.0. The highest BCUT2D eigenvalue weighted by Crippen LogP contribution is 2.28. The number of nitrogen functional groups attached to an aromatic ring is 1. The Morgan fingerprint density at radius 2 is 2.00 bits per heavy atom. The highest BCUT2D eigenvalue weighted by atomic mass is 16.4. The summed E-state index contributed by atoms with van der Waals surface area (Å²) in [6.45, 7) is 0.106. The normalized spacial score (nSPS) is 14.0. The number of hydrogen-bond acceptors (Lipinski definition) is 6. The third-order valence-corrected chi connectivity index (χ3v) is 5.62. The predicted molar refractivity (Wildman–Crippen MR) is 113 cm³/mol. The second-order valence-electron chi connectivity index (χ2n) is 7.70. The van der Waals surface area contributed by atoms with Gasteiger partial charge in [-0.05, 0) is 42.0 Å². The average Bonchev–Trinajstić information content (AvgIpc) is 3.27. The van der Waals surface area contributed by atoms with Gasteiger partial charge in [-0.2, -0.15) is 4.98 Å². The van der Waals surface area contributed by atoms with Gasteiger partial charge in [0.2, 0.25) is 5.95 Å². The number of rotatable bonds is 8.